The van der Waals surface area contributed by atoms with Crippen molar-refractivity contribution in [3.05, 3.63) is 51.0 Å². The van der Waals surface area contributed by atoms with Crippen LogP contribution in [-0.4, -0.2) is 10.1 Å². The Balaban J connectivity index is 2.25. The SMILES string of the molecule is Cc1ccc(F)c(C(O)Cc2nc(C(C)(C)C)cs2)c1F. The maximum Gasteiger partial charge on any atom is 0.134 e. The highest BCUT2D eigenvalue weighted by molar-refractivity contribution is 7.09. The smallest absolute Gasteiger partial charge is 0.134 e. The normalized spacial score (nSPS) is 13.5. The van der Waals surface area contributed by atoms with Gasteiger partial charge in [-0.05, 0) is 18.6 Å². The molecular weight excluding hydrogens is 292 g/mol. The molecule has 0 saturated carbocycles. The average Bonchev–Trinajstić information content (AvgIpc) is 2.83. The number of benzene rings is 1. The van der Waals surface area contributed by atoms with Gasteiger partial charge in [-0.1, -0.05) is 26.8 Å². The van der Waals surface area contributed by atoms with Crippen molar-refractivity contribution in [1.82, 2.24) is 4.98 Å². The van der Waals surface area contributed by atoms with E-state index in [2.05, 4.69) is 4.98 Å². The molecule has 0 aliphatic carbocycles. The van der Waals surface area contributed by atoms with Crippen LogP contribution in [0.3, 0.4) is 0 Å². The quantitative estimate of drug-likeness (QED) is 0.916. The maximum absolute atomic E-state index is 14.0. The molecule has 2 aromatic rings. The largest absolute Gasteiger partial charge is 0.388 e. The number of aromatic nitrogens is 1. The molecule has 0 amide bonds. The molecule has 0 saturated heterocycles. The molecule has 0 fully saturated rings. The van der Waals surface area contributed by atoms with Gasteiger partial charge < -0.3 is 5.11 Å². The summed E-state index contributed by atoms with van der Waals surface area (Å²) in [5.41, 5.74) is 0.877. The van der Waals surface area contributed by atoms with E-state index in [1.54, 1.807) is 6.92 Å². The van der Waals surface area contributed by atoms with Crippen LogP contribution in [-0.2, 0) is 11.8 Å². The average molecular weight is 311 g/mol. The van der Waals surface area contributed by atoms with Crippen LogP contribution < -0.4 is 0 Å². The summed E-state index contributed by atoms with van der Waals surface area (Å²) < 4.78 is 27.8. The van der Waals surface area contributed by atoms with Crippen LogP contribution in [0.1, 0.15) is 48.7 Å². The van der Waals surface area contributed by atoms with Gasteiger partial charge >= 0.3 is 0 Å². The van der Waals surface area contributed by atoms with Crippen molar-refractivity contribution >= 4 is 11.3 Å². The van der Waals surface area contributed by atoms with Gasteiger partial charge in [0.1, 0.15) is 11.6 Å². The van der Waals surface area contributed by atoms with Gasteiger partial charge in [-0.3, -0.25) is 0 Å². The van der Waals surface area contributed by atoms with Gasteiger partial charge in [0.2, 0.25) is 0 Å². The lowest BCUT2D eigenvalue weighted by molar-refractivity contribution is 0.168. The number of rotatable bonds is 3. The van der Waals surface area contributed by atoms with E-state index >= 15 is 0 Å². The molecule has 1 N–H and O–H groups in total. The highest BCUT2D eigenvalue weighted by atomic mass is 32.1. The molecule has 1 aromatic heterocycles. The van der Waals surface area contributed by atoms with Gasteiger partial charge in [-0.25, -0.2) is 13.8 Å². The van der Waals surface area contributed by atoms with Gasteiger partial charge in [-0.2, -0.15) is 0 Å². The fourth-order valence-electron chi connectivity index (χ4n) is 2.00. The molecule has 2 nitrogen and oxygen atoms in total. The third kappa shape index (κ3) is 3.47. The predicted octanol–water partition coefficient (Wildman–Crippen LogP) is 4.30. The van der Waals surface area contributed by atoms with Crippen molar-refractivity contribution in [2.75, 3.05) is 0 Å². The Hall–Kier alpha value is -1.33. The lowest BCUT2D eigenvalue weighted by atomic mass is 9.93. The lowest BCUT2D eigenvalue weighted by Crippen LogP contribution is -2.12. The van der Waals surface area contributed by atoms with Gasteiger partial charge in [0.05, 0.1) is 22.4 Å². The van der Waals surface area contributed by atoms with Crippen LogP contribution in [0.25, 0.3) is 0 Å². The van der Waals surface area contributed by atoms with Crippen molar-refractivity contribution in [3.8, 4) is 0 Å². The zero-order valence-electron chi connectivity index (χ0n) is 12.6. The first-order chi connectivity index (χ1) is 9.70. The number of nitrogens with zero attached hydrogens (tertiary/aromatic N) is 1. The van der Waals surface area contributed by atoms with Crippen molar-refractivity contribution in [2.45, 2.75) is 45.6 Å². The van der Waals surface area contributed by atoms with Crippen LogP contribution in [0.2, 0.25) is 0 Å². The summed E-state index contributed by atoms with van der Waals surface area (Å²) in [5.74, 6) is -1.41. The number of hydrogen-bond acceptors (Lipinski definition) is 3. The Labute approximate surface area is 127 Å². The number of halogens is 2. The molecule has 1 atom stereocenters. The highest BCUT2D eigenvalue weighted by Crippen LogP contribution is 2.29. The van der Waals surface area contributed by atoms with E-state index in [9.17, 15) is 13.9 Å². The van der Waals surface area contributed by atoms with Crippen LogP contribution in [0.5, 0.6) is 0 Å². The van der Waals surface area contributed by atoms with Crippen LogP contribution >= 0.6 is 11.3 Å². The number of thiazole rings is 1. The first-order valence-corrected chi connectivity index (χ1v) is 7.65. The van der Waals surface area contributed by atoms with E-state index in [1.807, 2.05) is 26.2 Å². The molecule has 0 aliphatic heterocycles. The molecule has 21 heavy (non-hydrogen) atoms. The second kappa shape index (κ2) is 5.81. The van der Waals surface area contributed by atoms with E-state index in [1.165, 1.54) is 23.5 Å². The van der Waals surface area contributed by atoms with Crippen LogP contribution in [0.15, 0.2) is 17.5 Å². The first-order valence-electron chi connectivity index (χ1n) is 6.77. The summed E-state index contributed by atoms with van der Waals surface area (Å²) in [6.07, 6.45) is -1.12. The van der Waals surface area contributed by atoms with Crippen LogP contribution in [0.4, 0.5) is 8.78 Å². The summed E-state index contributed by atoms with van der Waals surface area (Å²) >= 11 is 1.40. The van der Waals surface area contributed by atoms with Gasteiger partial charge in [0.25, 0.3) is 0 Å². The minimum absolute atomic E-state index is 0.0838. The van der Waals surface area contributed by atoms with Crippen molar-refractivity contribution in [2.24, 2.45) is 0 Å². The van der Waals surface area contributed by atoms with Crippen molar-refractivity contribution in [3.63, 3.8) is 0 Å². The lowest BCUT2D eigenvalue weighted by Gasteiger charge is -2.15. The zero-order chi connectivity index (χ0) is 15.8. The minimum atomic E-state index is -1.23. The Kier molecular flexibility index (Phi) is 4.44. The third-order valence-corrected chi connectivity index (χ3v) is 4.21. The minimum Gasteiger partial charge on any atom is -0.388 e. The summed E-state index contributed by atoms with van der Waals surface area (Å²) in [6.45, 7) is 7.68. The van der Waals surface area contributed by atoms with E-state index in [0.29, 0.717) is 10.6 Å². The molecular formula is C16H19F2NOS. The molecule has 2 rings (SSSR count). The predicted molar refractivity (Wildman–Crippen MR) is 80.6 cm³/mol. The second-order valence-corrected chi connectivity index (χ2v) is 7.13. The number of aryl methyl sites for hydroxylation is 1. The third-order valence-electron chi connectivity index (χ3n) is 3.34. The molecule has 0 spiro atoms. The molecule has 114 valence electrons. The fraction of sp³-hybridized carbons (Fsp3) is 0.438. The van der Waals surface area contributed by atoms with Crippen LogP contribution in [0, 0.1) is 18.6 Å². The van der Waals surface area contributed by atoms with Gasteiger partial charge in [0.15, 0.2) is 0 Å². The van der Waals surface area contributed by atoms with E-state index < -0.39 is 17.7 Å². The van der Waals surface area contributed by atoms with Gasteiger partial charge in [-0.15, -0.1) is 11.3 Å². The molecule has 5 heteroatoms. The van der Waals surface area contributed by atoms with E-state index in [4.69, 9.17) is 0 Å². The van der Waals surface area contributed by atoms with Crippen molar-refractivity contribution < 1.29 is 13.9 Å². The molecule has 1 unspecified atom stereocenters. The molecule has 0 bridgehead atoms. The van der Waals surface area contributed by atoms with Gasteiger partial charge in [0, 0.05) is 17.2 Å². The maximum atomic E-state index is 14.0. The number of aliphatic hydroxyl groups excluding tert-OH is 1. The summed E-state index contributed by atoms with van der Waals surface area (Å²) in [6, 6.07) is 2.54. The Bertz CT molecular complexity index is 646. The van der Waals surface area contributed by atoms with E-state index in [-0.39, 0.29) is 17.4 Å². The second-order valence-electron chi connectivity index (χ2n) is 6.19. The van der Waals surface area contributed by atoms with E-state index in [0.717, 1.165) is 5.69 Å². The Morgan fingerprint density at radius 3 is 2.52 bits per heavy atom. The fourth-order valence-corrected chi connectivity index (χ4v) is 3.06. The molecule has 0 radical (unpaired) electrons. The summed E-state index contributed by atoms with van der Waals surface area (Å²) in [5, 5.41) is 12.8. The molecule has 0 aliphatic rings. The standard InChI is InChI=1S/C16H19F2NOS/c1-9-5-6-10(17)14(15(9)18)11(20)7-13-19-12(8-21-13)16(2,3)4/h5-6,8,11,20H,7H2,1-4H3. The Morgan fingerprint density at radius 2 is 1.95 bits per heavy atom. The summed E-state index contributed by atoms with van der Waals surface area (Å²) in [4.78, 5) is 4.44. The molecule has 1 aromatic carbocycles. The molecule has 1 heterocycles. The topological polar surface area (TPSA) is 33.1 Å². The first kappa shape index (κ1) is 16.0. The Morgan fingerprint density at radius 1 is 1.29 bits per heavy atom. The summed E-state index contributed by atoms with van der Waals surface area (Å²) in [7, 11) is 0. The van der Waals surface area contributed by atoms with Crippen molar-refractivity contribution in [1.29, 1.82) is 0 Å². The monoisotopic (exact) mass is 311 g/mol. The highest BCUT2D eigenvalue weighted by Gasteiger charge is 2.23. The number of aliphatic hydroxyl groups is 1. The zero-order valence-corrected chi connectivity index (χ0v) is 13.4. The number of hydrogen-bond donors (Lipinski definition) is 1.